The average molecular weight is 171 g/mol. The van der Waals surface area contributed by atoms with Gasteiger partial charge in [-0.25, -0.2) is 0 Å². The predicted molar refractivity (Wildman–Crippen MR) is 56.1 cm³/mol. The molecule has 0 amide bonds. The molecule has 2 N–H and O–H groups in total. The van der Waals surface area contributed by atoms with Gasteiger partial charge in [-0.15, -0.1) is 0 Å². The second kappa shape index (κ2) is 6.47. The van der Waals surface area contributed by atoms with Gasteiger partial charge in [0.1, 0.15) is 0 Å². The van der Waals surface area contributed by atoms with Gasteiger partial charge in [0.2, 0.25) is 0 Å². The van der Waals surface area contributed by atoms with Crippen LogP contribution < -0.4 is 5.73 Å². The molecule has 1 heteroatoms. The summed E-state index contributed by atoms with van der Waals surface area (Å²) in [6.07, 6.45) is 4.98. The number of hydrogen-bond donors (Lipinski definition) is 1. The largest absolute Gasteiger partial charge is 0.327 e. The van der Waals surface area contributed by atoms with E-state index in [2.05, 4.69) is 27.7 Å². The standard InChI is InChI=1S/C11H25N/c1-5-9(4)11(12)8-10(6-2)7-3/h9-11H,5-8,12H2,1-4H3. The van der Waals surface area contributed by atoms with Crippen LogP contribution in [0.3, 0.4) is 0 Å². The molecule has 0 aliphatic heterocycles. The van der Waals surface area contributed by atoms with E-state index in [-0.39, 0.29) is 0 Å². The molecule has 0 radical (unpaired) electrons. The summed E-state index contributed by atoms with van der Waals surface area (Å²) in [6.45, 7) is 9.00. The van der Waals surface area contributed by atoms with Crippen molar-refractivity contribution in [3.8, 4) is 0 Å². The Morgan fingerprint density at radius 1 is 1.00 bits per heavy atom. The Balaban J connectivity index is 3.72. The number of hydrogen-bond acceptors (Lipinski definition) is 1. The zero-order valence-electron chi connectivity index (χ0n) is 9.14. The lowest BCUT2D eigenvalue weighted by molar-refractivity contribution is 0.337. The van der Waals surface area contributed by atoms with Crippen molar-refractivity contribution < 1.29 is 0 Å². The fourth-order valence-electron chi connectivity index (χ4n) is 1.54. The third-order valence-electron chi connectivity index (χ3n) is 3.14. The van der Waals surface area contributed by atoms with E-state index in [9.17, 15) is 0 Å². The van der Waals surface area contributed by atoms with E-state index < -0.39 is 0 Å². The summed E-state index contributed by atoms with van der Waals surface area (Å²) in [5.74, 6) is 1.53. The molecule has 0 aliphatic rings. The third-order valence-corrected chi connectivity index (χ3v) is 3.14. The van der Waals surface area contributed by atoms with Crippen molar-refractivity contribution in [2.75, 3.05) is 0 Å². The minimum atomic E-state index is 0.417. The molecule has 0 saturated heterocycles. The van der Waals surface area contributed by atoms with Crippen LogP contribution in [0.4, 0.5) is 0 Å². The first-order chi connectivity index (χ1) is 5.65. The minimum Gasteiger partial charge on any atom is -0.327 e. The molecule has 2 unspecified atom stereocenters. The summed E-state index contributed by atoms with van der Waals surface area (Å²) in [6, 6.07) is 0.417. The third kappa shape index (κ3) is 4.10. The fourth-order valence-corrected chi connectivity index (χ4v) is 1.54. The smallest absolute Gasteiger partial charge is 0.00670 e. The van der Waals surface area contributed by atoms with Gasteiger partial charge in [0.25, 0.3) is 0 Å². The van der Waals surface area contributed by atoms with Crippen molar-refractivity contribution in [2.24, 2.45) is 17.6 Å². The molecule has 0 heterocycles. The molecule has 0 bridgehead atoms. The fraction of sp³-hybridized carbons (Fsp3) is 1.00. The van der Waals surface area contributed by atoms with Gasteiger partial charge < -0.3 is 5.73 Å². The van der Waals surface area contributed by atoms with Crippen LogP contribution in [0, 0.1) is 11.8 Å². The van der Waals surface area contributed by atoms with E-state index in [1.54, 1.807) is 0 Å². The zero-order valence-corrected chi connectivity index (χ0v) is 9.14. The maximum Gasteiger partial charge on any atom is 0.00670 e. The summed E-state index contributed by atoms with van der Waals surface area (Å²) in [5, 5.41) is 0. The van der Waals surface area contributed by atoms with Crippen molar-refractivity contribution in [3.63, 3.8) is 0 Å². The van der Waals surface area contributed by atoms with Crippen molar-refractivity contribution in [1.29, 1.82) is 0 Å². The van der Waals surface area contributed by atoms with Crippen LogP contribution in [0.5, 0.6) is 0 Å². The molecular weight excluding hydrogens is 146 g/mol. The van der Waals surface area contributed by atoms with Gasteiger partial charge in [-0.2, -0.15) is 0 Å². The summed E-state index contributed by atoms with van der Waals surface area (Å²) in [7, 11) is 0. The Morgan fingerprint density at radius 2 is 1.50 bits per heavy atom. The second-order valence-electron chi connectivity index (χ2n) is 3.97. The van der Waals surface area contributed by atoms with Gasteiger partial charge in [-0.05, 0) is 18.3 Å². The minimum absolute atomic E-state index is 0.417. The van der Waals surface area contributed by atoms with Gasteiger partial charge in [0.05, 0.1) is 0 Å². The lowest BCUT2D eigenvalue weighted by Gasteiger charge is -2.22. The molecule has 0 aromatic heterocycles. The zero-order chi connectivity index (χ0) is 9.56. The first kappa shape index (κ1) is 12.0. The van der Waals surface area contributed by atoms with E-state index in [0.29, 0.717) is 12.0 Å². The molecular formula is C11H25N. The quantitative estimate of drug-likeness (QED) is 0.652. The normalized spacial score (nSPS) is 16.5. The highest BCUT2D eigenvalue weighted by molar-refractivity contribution is 4.71. The van der Waals surface area contributed by atoms with Gasteiger partial charge in [-0.1, -0.05) is 47.0 Å². The Labute approximate surface area is 77.7 Å². The lowest BCUT2D eigenvalue weighted by Crippen LogP contribution is -2.30. The highest BCUT2D eigenvalue weighted by Gasteiger charge is 2.14. The lowest BCUT2D eigenvalue weighted by atomic mass is 9.88. The predicted octanol–water partition coefficient (Wildman–Crippen LogP) is 3.19. The van der Waals surface area contributed by atoms with Gasteiger partial charge in [-0.3, -0.25) is 0 Å². The van der Waals surface area contributed by atoms with Crippen LogP contribution in [-0.4, -0.2) is 6.04 Å². The van der Waals surface area contributed by atoms with E-state index in [0.717, 1.165) is 5.92 Å². The molecule has 0 aromatic rings. The molecule has 0 spiro atoms. The molecule has 1 nitrogen and oxygen atoms in total. The van der Waals surface area contributed by atoms with Crippen LogP contribution >= 0.6 is 0 Å². The summed E-state index contributed by atoms with van der Waals surface area (Å²) in [5.41, 5.74) is 6.08. The molecule has 0 aromatic carbocycles. The van der Waals surface area contributed by atoms with Crippen LogP contribution in [0.15, 0.2) is 0 Å². The van der Waals surface area contributed by atoms with E-state index >= 15 is 0 Å². The first-order valence-electron chi connectivity index (χ1n) is 5.41. The van der Waals surface area contributed by atoms with Crippen molar-refractivity contribution in [3.05, 3.63) is 0 Å². The summed E-state index contributed by atoms with van der Waals surface area (Å²) < 4.78 is 0. The topological polar surface area (TPSA) is 26.0 Å². The Bertz CT molecular complexity index is 97.2. The van der Waals surface area contributed by atoms with E-state index in [1.165, 1.54) is 25.7 Å². The van der Waals surface area contributed by atoms with E-state index in [1.807, 2.05) is 0 Å². The molecule has 0 aliphatic carbocycles. The van der Waals surface area contributed by atoms with Gasteiger partial charge >= 0.3 is 0 Å². The average Bonchev–Trinajstić information content (AvgIpc) is 2.12. The van der Waals surface area contributed by atoms with Crippen LogP contribution in [0.1, 0.15) is 53.4 Å². The maximum atomic E-state index is 6.08. The first-order valence-corrected chi connectivity index (χ1v) is 5.41. The van der Waals surface area contributed by atoms with Gasteiger partial charge in [0, 0.05) is 6.04 Å². The SMILES string of the molecule is CCC(CC)CC(N)C(C)CC. The van der Waals surface area contributed by atoms with Crippen LogP contribution in [0.25, 0.3) is 0 Å². The molecule has 12 heavy (non-hydrogen) atoms. The molecule has 0 rings (SSSR count). The van der Waals surface area contributed by atoms with Gasteiger partial charge in [0.15, 0.2) is 0 Å². The van der Waals surface area contributed by atoms with E-state index in [4.69, 9.17) is 5.73 Å². The Hall–Kier alpha value is -0.0400. The molecule has 2 atom stereocenters. The number of rotatable bonds is 6. The summed E-state index contributed by atoms with van der Waals surface area (Å²) in [4.78, 5) is 0. The van der Waals surface area contributed by atoms with Crippen LogP contribution in [-0.2, 0) is 0 Å². The van der Waals surface area contributed by atoms with Crippen LogP contribution in [0.2, 0.25) is 0 Å². The van der Waals surface area contributed by atoms with Crippen molar-refractivity contribution in [2.45, 2.75) is 59.4 Å². The Morgan fingerprint density at radius 3 is 1.83 bits per heavy atom. The molecule has 0 fully saturated rings. The van der Waals surface area contributed by atoms with Crippen molar-refractivity contribution in [1.82, 2.24) is 0 Å². The monoisotopic (exact) mass is 171 g/mol. The summed E-state index contributed by atoms with van der Waals surface area (Å²) >= 11 is 0. The Kier molecular flexibility index (Phi) is 6.45. The van der Waals surface area contributed by atoms with Crippen molar-refractivity contribution >= 4 is 0 Å². The second-order valence-corrected chi connectivity index (χ2v) is 3.97. The molecule has 0 saturated carbocycles. The highest BCUT2D eigenvalue weighted by atomic mass is 14.6. The molecule has 74 valence electrons. The highest BCUT2D eigenvalue weighted by Crippen LogP contribution is 2.19. The number of nitrogens with two attached hydrogens (primary N) is 1. The maximum absolute atomic E-state index is 6.08.